The highest BCUT2D eigenvalue weighted by atomic mass is 19.4. The maximum Gasteiger partial charge on any atom is 0.416 e. The molecule has 3 rings (SSSR count). The monoisotopic (exact) mass is 295 g/mol. The SMILES string of the molecule is Cc1cn(Cc2cccc(C(F)(F)F)c2)c(NC2CC2)n1. The van der Waals surface area contributed by atoms with E-state index in [-0.39, 0.29) is 0 Å². The highest BCUT2D eigenvalue weighted by Gasteiger charge is 2.30. The molecule has 1 N–H and O–H groups in total. The third kappa shape index (κ3) is 3.37. The summed E-state index contributed by atoms with van der Waals surface area (Å²) in [5.74, 6) is 0.729. The molecule has 0 saturated heterocycles. The zero-order valence-corrected chi connectivity index (χ0v) is 11.6. The number of hydrogen-bond acceptors (Lipinski definition) is 2. The Kier molecular flexibility index (Phi) is 3.39. The zero-order valence-electron chi connectivity index (χ0n) is 11.6. The van der Waals surface area contributed by atoms with Gasteiger partial charge in [0.2, 0.25) is 5.95 Å². The van der Waals surface area contributed by atoms with Gasteiger partial charge in [0.1, 0.15) is 0 Å². The minimum Gasteiger partial charge on any atom is -0.353 e. The van der Waals surface area contributed by atoms with Crippen LogP contribution in [0.1, 0.15) is 29.7 Å². The summed E-state index contributed by atoms with van der Waals surface area (Å²) in [4.78, 5) is 4.39. The van der Waals surface area contributed by atoms with Crippen molar-refractivity contribution < 1.29 is 13.2 Å². The van der Waals surface area contributed by atoms with Gasteiger partial charge >= 0.3 is 6.18 Å². The van der Waals surface area contributed by atoms with Crippen molar-refractivity contribution in [3.05, 3.63) is 47.3 Å². The molecule has 0 radical (unpaired) electrons. The van der Waals surface area contributed by atoms with Crippen molar-refractivity contribution in [2.75, 3.05) is 5.32 Å². The summed E-state index contributed by atoms with van der Waals surface area (Å²) in [5.41, 5.74) is 0.847. The fraction of sp³-hybridized carbons (Fsp3) is 0.400. The van der Waals surface area contributed by atoms with Crippen molar-refractivity contribution in [3.8, 4) is 0 Å². The van der Waals surface area contributed by atoms with Crippen LogP contribution in [0.5, 0.6) is 0 Å². The number of nitrogens with zero attached hydrogens (tertiary/aromatic N) is 2. The van der Waals surface area contributed by atoms with Crippen molar-refractivity contribution in [2.24, 2.45) is 0 Å². The van der Waals surface area contributed by atoms with E-state index in [2.05, 4.69) is 10.3 Å². The summed E-state index contributed by atoms with van der Waals surface area (Å²) < 4.78 is 40.1. The first-order valence-electron chi connectivity index (χ1n) is 6.88. The molecule has 0 aliphatic heterocycles. The number of rotatable bonds is 4. The molecule has 1 fully saturated rings. The molecule has 0 atom stereocenters. The number of halogens is 3. The van der Waals surface area contributed by atoms with Crippen molar-refractivity contribution >= 4 is 5.95 Å². The Bertz CT molecular complexity index is 642. The third-order valence-corrected chi connectivity index (χ3v) is 3.41. The lowest BCUT2D eigenvalue weighted by Gasteiger charge is -2.11. The maximum atomic E-state index is 12.7. The van der Waals surface area contributed by atoms with Crippen LogP contribution in [0, 0.1) is 6.92 Å². The van der Waals surface area contributed by atoms with Gasteiger partial charge in [-0.15, -0.1) is 0 Å². The molecule has 3 nitrogen and oxygen atoms in total. The Morgan fingerprint density at radius 1 is 1.33 bits per heavy atom. The first-order valence-corrected chi connectivity index (χ1v) is 6.88. The summed E-state index contributed by atoms with van der Waals surface area (Å²) in [5, 5.41) is 3.30. The van der Waals surface area contributed by atoms with E-state index >= 15 is 0 Å². The molecule has 1 aliphatic carbocycles. The van der Waals surface area contributed by atoms with E-state index in [0.29, 0.717) is 18.2 Å². The molecular formula is C15H16F3N3. The van der Waals surface area contributed by atoms with Crippen LogP contribution in [-0.4, -0.2) is 15.6 Å². The van der Waals surface area contributed by atoms with E-state index < -0.39 is 11.7 Å². The molecular weight excluding hydrogens is 279 g/mol. The molecule has 1 heterocycles. The molecule has 0 bridgehead atoms. The fourth-order valence-electron chi connectivity index (χ4n) is 2.24. The molecule has 1 aliphatic rings. The second-order valence-corrected chi connectivity index (χ2v) is 5.45. The van der Waals surface area contributed by atoms with E-state index in [9.17, 15) is 13.2 Å². The smallest absolute Gasteiger partial charge is 0.353 e. The summed E-state index contributed by atoms with van der Waals surface area (Å²) in [6.07, 6.45) is -0.216. The molecule has 1 aromatic carbocycles. The lowest BCUT2D eigenvalue weighted by molar-refractivity contribution is -0.137. The molecule has 1 aromatic heterocycles. The van der Waals surface area contributed by atoms with Gasteiger partial charge in [0.05, 0.1) is 17.8 Å². The molecule has 21 heavy (non-hydrogen) atoms. The fourth-order valence-corrected chi connectivity index (χ4v) is 2.24. The average Bonchev–Trinajstić information content (AvgIpc) is 3.14. The van der Waals surface area contributed by atoms with Gasteiger partial charge in [-0.25, -0.2) is 4.98 Å². The van der Waals surface area contributed by atoms with Gasteiger partial charge in [0.25, 0.3) is 0 Å². The average molecular weight is 295 g/mol. The quantitative estimate of drug-likeness (QED) is 0.929. The normalized spacial score (nSPS) is 15.2. The van der Waals surface area contributed by atoms with Gasteiger partial charge in [-0.1, -0.05) is 12.1 Å². The van der Waals surface area contributed by atoms with Crippen molar-refractivity contribution in [3.63, 3.8) is 0 Å². The highest BCUT2D eigenvalue weighted by molar-refractivity contribution is 5.34. The van der Waals surface area contributed by atoms with Crippen molar-refractivity contribution in [2.45, 2.75) is 38.5 Å². The lowest BCUT2D eigenvalue weighted by Crippen LogP contribution is -2.10. The standard InChI is InChI=1S/C15H16F3N3/c1-10-8-21(14(19-10)20-13-5-6-13)9-11-3-2-4-12(7-11)15(16,17)18/h2-4,7-8,13H,5-6,9H2,1H3,(H,19,20). The Labute approximate surface area is 120 Å². The highest BCUT2D eigenvalue weighted by Crippen LogP contribution is 2.30. The minimum absolute atomic E-state index is 0.375. The molecule has 0 spiro atoms. The van der Waals surface area contributed by atoms with E-state index in [1.54, 1.807) is 6.07 Å². The van der Waals surface area contributed by atoms with Gasteiger partial charge in [-0.2, -0.15) is 13.2 Å². The largest absolute Gasteiger partial charge is 0.416 e. The summed E-state index contributed by atoms with van der Waals surface area (Å²) >= 11 is 0. The van der Waals surface area contributed by atoms with E-state index in [1.807, 2.05) is 17.7 Å². The van der Waals surface area contributed by atoms with Crippen LogP contribution in [0.3, 0.4) is 0 Å². The number of anilines is 1. The van der Waals surface area contributed by atoms with Crippen LogP contribution >= 0.6 is 0 Å². The molecule has 0 amide bonds. The van der Waals surface area contributed by atoms with Crippen LogP contribution in [-0.2, 0) is 12.7 Å². The first-order chi connectivity index (χ1) is 9.91. The van der Waals surface area contributed by atoms with Gasteiger partial charge in [-0.05, 0) is 37.5 Å². The predicted octanol–water partition coefficient (Wildman–Crippen LogP) is 3.83. The molecule has 6 heteroatoms. The van der Waals surface area contributed by atoms with Crippen molar-refractivity contribution in [1.29, 1.82) is 0 Å². The Morgan fingerprint density at radius 3 is 2.76 bits per heavy atom. The van der Waals surface area contributed by atoms with Gasteiger partial charge in [-0.3, -0.25) is 0 Å². The minimum atomic E-state index is -4.31. The molecule has 1 saturated carbocycles. The summed E-state index contributed by atoms with van der Waals surface area (Å²) in [6, 6.07) is 5.87. The summed E-state index contributed by atoms with van der Waals surface area (Å²) in [7, 11) is 0. The predicted molar refractivity (Wildman–Crippen MR) is 74.2 cm³/mol. The number of imidazole rings is 1. The van der Waals surface area contributed by atoms with Crippen LogP contribution in [0.2, 0.25) is 0 Å². The molecule has 112 valence electrons. The second-order valence-electron chi connectivity index (χ2n) is 5.45. The third-order valence-electron chi connectivity index (χ3n) is 3.41. The number of aromatic nitrogens is 2. The zero-order chi connectivity index (χ0) is 15.0. The van der Waals surface area contributed by atoms with Crippen LogP contribution in [0.15, 0.2) is 30.5 Å². The number of alkyl halides is 3. The molecule has 0 unspecified atom stereocenters. The van der Waals surface area contributed by atoms with E-state index in [1.165, 1.54) is 12.1 Å². The molecule has 2 aromatic rings. The Hall–Kier alpha value is -1.98. The van der Waals surface area contributed by atoms with Crippen LogP contribution in [0.25, 0.3) is 0 Å². The Morgan fingerprint density at radius 2 is 2.10 bits per heavy atom. The van der Waals surface area contributed by atoms with E-state index in [4.69, 9.17) is 0 Å². The van der Waals surface area contributed by atoms with Crippen molar-refractivity contribution in [1.82, 2.24) is 9.55 Å². The summed E-state index contributed by atoms with van der Waals surface area (Å²) in [6.45, 7) is 2.25. The number of nitrogens with one attached hydrogen (secondary N) is 1. The van der Waals surface area contributed by atoms with Gasteiger partial charge in [0, 0.05) is 12.2 Å². The van der Waals surface area contributed by atoms with Gasteiger partial charge < -0.3 is 9.88 Å². The maximum absolute atomic E-state index is 12.7. The number of hydrogen-bond donors (Lipinski definition) is 1. The Balaban J connectivity index is 1.83. The number of benzene rings is 1. The number of aryl methyl sites for hydroxylation is 1. The van der Waals surface area contributed by atoms with E-state index in [0.717, 1.165) is 30.6 Å². The van der Waals surface area contributed by atoms with Crippen LogP contribution in [0.4, 0.5) is 19.1 Å². The van der Waals surface area contributed by atoms with Gasteiger partial charge in [0.15, 0.2) is 0 Å². The lowest BCUT2D eigenvalue weighted by atomic mass is 10.1. The second kappa shape index (κ2) is 5.09. The first kappa shape index (κ1) is 14.0. The topological polar surface area (TPSA) is 29.9 Å². The van der Waals surface area contributed by atoms with Crippen LogP contribution < -0.4 is 5.32 Å².